The second-order valence-electron chi connectivity index (χ2n) is 5.85. The molecule has 1 atom stereocenters. The fourth-order valence-corrected chi connectivity index (χ4v) is 3.48. The molecule has 1 aliphatic carbocycles. The van der Waals surface area contributed by atoms with E-state index in [-0.39, 0.29) is 0 Å². The zero-order valence-electron chi connectivity index (χ0n) is 12.8. The molecule has 0 spiro atoms. The monoisotopic (exact) mass is 259 g/mol. The number of benzene rings is 1. The summed E-state index contributed by atoms with van der Waals surface area (Å²) in [4.78, 5) is 0. The maximum atomic E-state index is 3.71. The van der Waals surface area contributed by atoms with Crippen LogP contribution in [-0.2, 0) is 12.8 Å². The largest absolute Gasteiger partial charge is 0.310 e. The van der Waals surface area contributed by atoms with Gasteiger partial charge in [0.2, 0.25) is 0 Å². The molecule has 1 unspecified atom stereocenters. The summed E-state index contributed by atoms with van der Waals surface area (Å²) in [6.45, 7) is 7.90. The average molecular weight is 259 g/mol. The van der Waals surface area contributed by atoms with Crippen LogP contribution in [0.5, 0.6) is 0 Å². The van der Waals surface area contributed by atoms with Crippen LogP contribution in [0.1, 0.15) is 69.2 Å². The Kier molecular flexibility index (Phi) is 5.45. The first-order valence-electron chi connectivity index (χ1n) is 8.15. The molecule has 1 nitrogen and oxygen atoms in total. The van der Waals surface area contributed by atoms with Gasteiger partial charge in [-0.2, -0.15) is 0 Å². The second-order valence-corrected chi connectivity index (χ2v) is 5.85. The van der Waals surface area contributed by atoms with Gasteiger partial charge < -0.3 is 5.32 Å². The lowest BCUT2D eigenvalue weighted by Gasteiger charge is -2.28. The van der Waals surface area contributed by atoms with E-state index in [9.17, 15) is 0 Å². The summed E-state index contributed by atoms with van der Waals surface area (Å²) in [6, 6.07) is 7.78. The van der Waals surface area contributed by atoms with Crippen molar-refractivity contribution in [3.05, 3.63) is 34.9 Å². The van der Waals surface area contributed by atoms with E-state index in [1.165, 1.54) is 44.1 Å². The first-order chi connectivity index (χ1) is 9.30. The Bertz CT molecular complexity index is 393. The summed E-state index contributed by atoms with van der Waals surface area (Å²) in [5.41, 5.74) is 4.71. The highest BCUT2D eigenvalue weighted by Crippen LogP contribution is 2.30. The highest BCUT2D eigenvalue weighted by atomic mass is 14.9. The minimum atomic E-state index is 0.534. The van der Waals surface area contributed by atoms with Crippen LogP contribution in [0.25, 0.3) is 0 Å². The van der Waals surface area contributed by atoms with Crippen LogP contribution in [0.15, 0.2) is 18.2 Å². The van der Waals surface area contributed by atoms with Gasteiger partial charge >= 0.3 is 0 Å². The Hall–Kier alpha value is -0.820. The molecule has 1 heteroatoms. The first kappa shape index (κ1) is 14.6. The van der Waals surface area contributed by atoms with Crippen LogP contribution in [0.2, 0.25) is 0 Å². The smallest absolute Gasteiger partial charge is 0.0348 e. The lowest BCUT2D eigenvalue weighted by Crippen LogP contribution is -2.28. The van der Waals surface area contributed by atoms with Crippen molar-refractivity contribution in [1.29, 1.82) is 0 Å². The molecule has 0 aliphatic heterocycles. The van der Waals surface area contributed by atoms with Gasteiger partial charge in [-0.25, -0.2) is 0 Å². The van der Waals surface area contributed by atoms with Crippen molar-refractivity contribution >= 4 is 0 Å². The highest BCUT2D eigenvalue weighted by molar-refractivity contribution is 5.35. The van der Waals surface area contributed by atoms with Crippen LogP contribution in [0, 0.1) is 5.92 Å². The lowest BCUT2D eigenvalue weighted by atomic mass is 9.84. The van der Waals surface area contributed by atoms with Gasteiger partial charge in [-0.05, 0) is 54.8 Å². The van der Waals surface area contributed by atoms with E-state index in [2.05, 4.69) is 44.3 Å². The zero-order valence-corrected chi connectivity index (χ0v) is 12.8. The van der Waals surface area contributed by atoms with Gasteiger partial charge in [-0.1, -0.05) is 51.8 Å². The second kappa shape index (κ2) is 7.09. The zero-order chi connectivity index (χ0) is 13.7. The van der Waals surface area contributed by atoms with E-state index < -0.39 is 0 Å². The molecule has 0 saturated heterocycles. The highest BCUT2D eigenvalue weighted by Gasteiger charge is 2.20. The van der Waals surface area contributed by atoms with Crippen LogP contribution < -0.4 is 5.32 Å². The Morgan fingerprint density at radius 2 is 1.68 bits per heavy atom. The molecule has 1 N–H and O–H groups in total. The minimum absolute atomic E-state index is 0.534. The van der Waals surface area contributed by atoms with E-state index in [1.54, 1.807) is 11.1 Å². The molecule has 1 aromatic rings. The van der Waals surface area contributed by atoms with Gasteiger partial charge in [0.1, 0.15) is 0 Å². The number of nitrogens with one attached hydrogen (secondary N) is 1. The van der Waals surface area contributed by atoms with Crippen LogP contribution >= 0.6 is 0 Å². The van der Waals surface area contributed by atoms with Crippen LogP contribution in [0.3, 0.4) is 0 Å². The van der Waals surface area contributed by atoms with E-state index in [1.807, 2.05) is 0 Å². The van der Waals surface area contributed by atoms with Crippen molar-refractivity contribution in [2.45, 2.75) is 65.3 Å². The number of rotatable bonds is 6. The van der Waals surface area contributed by atoms with E-state index in [0.29, 0.717) is 6.04 Å². The molecule has 0 aromatic heterocycles. The van der Waals surface area contributed by atoms with Crippen molar-refractivity contribution in [2.24, 2.45) is 5.92 Å². The van der Waals surface area contributed by atoms with Crippen LogP contribution in [-0.4, -0.2) is 6.54 Å². The molecule has 2 rings (SSSR count). The summed E-state index contributed by atoms with van der Waals surface area (Å²) in [6.07, 6.45) is 7.82. The number of fused-ring (bicyclic) bond motifs is 1. The van der Waals surface area contributed by atoms with Crippen molar-refractivity contribution in [3.63, 3.8) is 0 Å². The topological polar surface area (TPSA) is 12.0 Å². The van der Waals surface area contributed by atoms with Crippen molar-refractivity contribution < 1.29 is 0 Å². The molecule has 0 heterocycles. The fraction of sp³-hybridized carbons (Fsp3) is 0.667. The Labute approximate surface area is 118 Å². The third kappa shape index (κ3) is 3.39. The summed E-state index contributed by atoms with van der Waals surface area (Å²) >= 11 is 0. The molecule has 106 valence electrons. The van der Waals surface area contributed by atoms with E-state index >= 15 is 0 Å². The lowest BCUT2D eigenvalue weighted by molar-refractivity contribution is 0.346. The molecule has 1 aromatic carbocycles. The van der Waals surface area contributed by atoms with Crippen LogP contribution in [0.4, 0.5) is 0 Å². The van der Waals surface area contributed by atoms with Crippen molar-refractivity contribution in [2.75, 3.05) is 6.54 Å². The molecule has 0 bridgehead atoms. The van der Waals surface area contributed by atoms with Gasteiger partial charge in [-0.15, -0.1) is 0 Å². The molecule has 0 saturated carbocycles. The predicted octanol–water partition coefficient (Wildman–Crippen LogP) is 4.65. The molecule has 0 radical (unpaired) electrons. The molecule has 0 fully saturated rings. The predicted molar refractivity (Wildman–Crippen MR) is 83.6 cm³/mol. The third-order valence-corrected chi connectivity index (χ3v) is 4.68. The Morgan fingerprint density at radius 1 is 1.00 bits per heavy atom. The normalized spacial score (nSPS) is 16.4. The third-order valence-electron chi connectivity index (χ3n) is 4.68. The maximum absolute atomic E-state index is 3.71. The van der Waals surface area contributed by atoms with Crippen molar-refractivity contribution in [1.82, 2.24) is 5.32 Å². The number of hydrogen-bond donors (Lipinski definition) is 1. The minimum Gasteiger partial charge on any atom is -0.310 e. The molecule has 0 amide bonds. The van der Waals surface area contributed by atoms with Crippen molar-refractivity contribution in [3.8, 4) is 0 Å². The van der Waals surface area contributed by atoms with Gasteiger partial charge in [0.05, 0.1) is 0 Å². The molecular weight excluding hydrogens is 230 g/mol. The summed E-state index contributed by atoms with van der Waals surface area (Å²) in [5.74, 6) is 0.751. The van der Waals surface area contributed by atoms with Gasteiger partial charge in [0, 0.05) is 6.04 Å². The summed E-state index contributed by atoms with van der Waals surface area (Å²) < 4.78 is 0. The number of hydrogen-bond acceptors (Lipinski definition) is 1. The van der Waals surface area contributed by atoms with Gasteiger partial charge in [0.15, 0.2) is 0 Å². The van der Waals surface area contributed by atoms with Gasteiger partial charge in [0.25, 0.3) is 0 Å². The first-order valence-corrected chi connectivity index (χ1v) is 8.15. The molecule has 1 aliphatic rings. The molecular formula is C18H29N. The van der Waals surface area contributed by atoms with E-state index in [4.69, 9.17) is 0 Å². The summed E-state index contributed by atoms with van der Waals surface area (Å²) in [5, 5.41) is 3.71. The fourth-order valence-electron chi connectivity index (χ4n) is 3.48. The quantitative estimate of drug-likeness (QED) is 0.784. The maximum Gasteiger partial charge on any atom is 0.0348 e. The standard InChI is InChI=1S/C18H29N/c1-4-14(5-2)18(19-6-3)17-12-11-15-9-7-8-10-16(15)13-17/h11-14,18-19H,4-10H2,1-3H3. The summed E-state index contributed by atoms with van der Waals surface area (Å²) in [7, 11) is 0. The van der Waals surface area contributed by atoms with E-state index in [0.717, 1.165) is 12.5 Å². The molecule has 19 heavy (non-hydrogen) atoms. The Morgan fingerprint density at radius 3 is 2.32 bits per heavy atom. The average Bonchev–Trinajstić information content (AvgIpc) is 2.47. The SMILES string of the molecule is CCNC(c1ccc2c(c1)CCCC2)C(CC)CC. The Balaban J connectivity index is 2.25. The number of aryl methyl sites for hydroxylation is 2. The van der Waals surface area contributed by atoms with Gasteiger partial charge in [-0.3, -0.25) is 0 Å².